The average molecular weight is 322 g/mol. The molecule has 1 aromatic carbocycles. The summed E-state index contributed by atoms with van der Waals surface area (Å²) in [6, 6.07) is 4.24. The van der Waals surface area contributed by atoms with Crippen LogP contribution in [0.3, 0.4) is 0 Å². The van der Waals surface area contributed by atoms with Crippen LogP contribution >= 0.6 is 0 Å². The number of nitrogens with zero attached hydrogens (tertiary/aromatic N) is 1. The SMILES string of the molecule is COC(=O)CCCCCCC(=O)N/N=C/c1ccc(O)c(O)c1. The molecular weight excluding hydrogens is 300 g/mol. The van der Waals surface area contributed by atoms with Crippen LogP contribution < -0.4 is 5.43 Å². The Morgan fingerprint density at radius 2 is 1.83 bits per heavy atom. The summed E-state index contributed by atoms with van der Waals surface area (Å²) in [6.45, 7) is 0. The second-order valence-electron chi connectivity index (χ2n) is 5.03. The van der Waals surface area contributed by atoms with Crippen molar-refractivity contribution in [2.75, 3.05) is 7.11 Å². The van der Waals surface area contributed by atoms with E-state index in [2.05, 4.69) is 15.3 Å². The summed E-state index contributed by atoms with van der Waals surface area (Å²) in [4.78, 5) is 22.4. The molecule has 0 heterocycles. The lowest BCUT2D eigenvalue weighted by Gasteiger charge is -2.01. The number of ether oxygens (including phenoxy) is 1. The number of hydrazone groups is 1. The van der Waals surface area contributed by atoms with Crippen LogP contribution in [0.5, 0.6) is 11.5 Å². The van der Waals surface area contributed by atoms with Crippen molar-refractivity contribution >= 4 is 18.1 Å². The van der Waals surface area contributed by atoms with Gasteiger partial charge in [-0.2, -0.15) is 5.10 Å². The van der Waals surface area contributed by atoms with Crippen molar-refractivity contribution in [3.05, 3.63) is 23.8 Å². The first kappa shape index (κ1) is 18.5. The second kappa shape index (κ2) is 10.2. The minimum absolute atomic E-state index is 0.197. The fourth-order valence-electron chi connectivity index (χ4n) is 1.87. The quantitative estimate of drug-likeness (QED) is 0.212. The number of phenolic OH excluding ortho intramolecular Hbond substituents is 2. The minimum atomic E-state index is -0.243. The van der Waals surface area contributed by atoms with E-state index in [1.165, 1.54) is 25.5 Å². The largest absolute Gasteiger partial charge is 0.504 e. The number of benzene rings is 1. The van der Waals surface area contributed by atoms with Gasteiger partial charge in [-0.15, -0.1) is 0 Å². The topological polar surface area (TPSA) is 108 Å². The summed E-state index contributed by atoms with van der Waals surface area (Å²) >= 11 is 0. The van der Waals surface area contributed by atoms with Gasteiger partial charge >= 0.3 is 5.97 Å². The molecule has 0 bridgehead atoms. The lowest BCUT2D eigenvalue weighted by molar-refractivity contribution is -0.140. The smallest absolute Gasteiger partial charge is 0.305 e. The van der Waals surface area contributed by atoms with Crippen LogP contribution in [-0.4, -0.2) is 35.4 Å². The second-order valence-corrected chi connectivity index (χ2v) is 5.03. The Kier molecular flexibility index (Phi) is 8.20. The molecular formula is C16H22N2O5. The van der Waals surface area contributed by atoms with Crippen molar-refractivity contribution in [2.24, 2.45) is 5.10 Å². The number of unbranched alkanes of at least 4 members (excludes halogenated alkanes) is 3. The third-order valence-electron chi connectivity index (χ3n) is 3.16. The number of esters is 1. The molecule has 0 aliphatic heterocycles. The predicted molar refractivity (Wildman–Crippen MR) is 85.2 cm³/mol. The van der Waals surface area contributed by atoms with Gasteiger partial charge in [0.2, 0.25) is 5.91 Å². The number of hydrogen-bond donors (Lipinski definition) is 3. The fraction of sp³-hybridized carbons (Fsp3) is 0.438. The van der Waals surface area contributed by atoms with Gasteiger partial charge in [0, 0.05) is 12.8 Å². The molecule has 0 spiro atoms. The average Bonchev–Trinajstić information content (AvgIpc) is 2.53. The van der Waals surface area contributed by atoms with Gasteiger partial charge in [0.05, 0.1) is 13.3 Å². The van der Waals surface area contributed by atoms with E-state index >= 15 is 0 Å². The number of aromatic hydroxyl groups is 2. The van der Waals surface area contributed by atoms with Gasteiger partial charge < -0.3 is 14.9 Å². The van der Waals surface area contributed by atoms with Crippen molar-refractivity contribution in [1.82, 2.24) is 5.43 Å². The summed E-state index contributed by atoms with van der Waals surface area (Å²) in [5, 5.41) is 22.3. The molecule has 0 aliphatic carbocycles. The van der Waals surface area contributed by atoms with E-state index in [9.17, 15) is 19.8 Å². The van der Waals surface area contributed by atoms with Gasteiger partial charge in [-0.1, -0.05) is 12.8 Å². The van der Waals surface area contributed by atoms with E-state index in [0.717, 1.165) is 25.7 Å². The molecule has 0 aromatic heterocycles. The van der Waals surface area contributed by atoms with Gasteiger partial charge in [-0.25, -0.2) is 5.43 Å². The summed E-state index contributed by atoms with van der Waals surface area (Å²) in [5.41, 5.74) is 2.95. The number of nitrogens with one attached hydrogen (secondary N) is 1. The van der Waals surface area contributed by atoms with Crippen LogP contribution in [0, 0.1) is 0 Å². The predicted octanol–water partition coefficient (Wildman–Crippen LogP) is 2.06. The Hall–Kier alpha value is -2.57. The van der Waals surface area contributed by atoms with E-state index in [4.69, 9.17) is 0 Å². The maximum atomic E-state index is 11.6. The van der Waals surface area contributed by atoms with Crippen LogP contribution in [0.4, 0.5) is 0 Å². The van der Waals surface area contributed by atoms with E-state index in [-0.39, 0.29) is 23.4 Å². The zero-order chi connectivity index (χ0) is 17.1. The molecule has 0 saturated carbocycles. The maximum absolute atomic E-state index is 11.6. The highest BCUT2D eigenvalue weighted by molar-refractivity contribution is 5.83. The van der Waals surface area contributed by atoms with Crippen LogP contribution in [0.25, 0.3) is 0 Å². The van der Waals surface area contributed by atoms with E-state index in [0.29, 0.717) is 18.4 Å². The van der Waals surface area contributed by atoms with Crippen LogP contribution in [-0.2, 0) is 14.3 Å². The first-order valence-corrected chi connectivity index (χ1v) is 7.43. The maximum Gasteiger partial charge on any atom is 0.305 e. The normalized spacial score (nSPS) is 10.7. The highest BCUT2D eigenvalue weighted by Crippen LogP contribution is 2.23. The molecule has 7 nitrogen and oxygen atoms in total. The Bertz CT molecular complexity index is 557. The van der Waals surface area contributed by atoms with Crippen molar-refractivity contribution < 1.29 is 24.5 Å². The lowest BCUT2D eigenvalue weighted by atomic mass is 10.1. The number of hydrogen-bond acceptors (Lipinski definition) is 6. The number of phenols is 2. The molecule has 0 fully saturated rings. The number of carbonyl (C=O) groups is 2. The molecule has 0 unspecified atom stereocenters. The van der Waals surface area contributed by atoms with Crippen LogP contribution in [0.2, 0.25) is 0 Å². The van der Waals surface area contributed by atoms with Gasteiger partial charge in [0.25, 0.3) is 0 Å². The van der Waals surface area contributed by atoms with Crippen LogP contribution in [0.15, 0.2) is 23.3 Å². The van der Waals surface area contributed by atoms with Crippen molar-refractivity contribution in [1.29, 1.82) is 0 Å². The standard InChI is InChI=1S/C16H22N2O5/c1-23-16(22)7-5-3-2-4-6-15(21)18-17-11-12-8-9-13(19)14(20)10-12/h8-11,19-20H,2-7H2,1H3,(H,18,21)/b17-11+. The first-order chi connectivity index (χ1) is 11.0. The molecule has 0 radical (unpaired) electrons. The van der Waals surface area contributed by atoms with Gasteiger partial charge in [-0.3, -0.25) is 9.59 Å². The Balaban J connectivity index is 2.15. The van der Waals surface area contributed by atoms with E-state index < -0.39 is 0 Å². The highest BCUT2D eigenvalue weighted by Gasteiger charge is 2.02. The Morgan fingerprint density at radius 1 is 1.13 bits per heavy atom. The Labute approximate surface area is 135 Å². The minimum Gasteiger partial charge on any atom is -0.504 e. The van der Waals surface area contributed by atoms with Gasteiger partial charge in [0.1, 0.15) is 0 Å². The number of rotatable bonds is 9. The third kappa shape index (κ3) is 7.85. The van der Waals surface area contributed by atoms with Gasteiger partial charge in [0.15, 0.2) is 11.5 Å². The monoisotopic (exact) mass is 322 g/mol. The summed E-state index contributed by atoms with van der Waals surface area (Å²) in [7, 11) is 1.37. The molecule has 1 aromatic rings. The number of amides is 1. The molecule has 0 saturated heterocycles. The lowest BCUT2D eigenvalue weighted by Crippen LogP contribution is -2.16. The summed E-state index contributed by atoms with van der Waals surface area (Å²) in [6.07, 6.45) is 5.37. The molecule has 7 heteroatoms. The molecule has 23 heavy (non-hydrogen) atoms. The zero-order valence-corrected chi connectivity index (χ0v) is 13.1. The molecule has 1 amide bonds. The van der Waals surface area contributed by atoms with E-state index in [1.54, 1.807) is 6.07 Å². The van der Waals surface area contributed by atoms with Crippen molar-refractivity contribution in [2.45, 2.75) is 38.5 Å². The third-order valence-corrected chi connectivity index (χ3v) is 3.16. The van der Waals surface area contributed by atoms with Crippen molar-refractivity contribution in [3.8, 4) is 11.5 Å². The Morgan fingerprint density at radius 3 is 2.48 bits per heavy atom. The zero-order valence-electron chi connectivity index (χ0n) is 13.1. The highest BCUT2D eigenvalue weighted by atomic mass is 16.5. The summed E-state index contributed by atoms with van der Waals surface area (Å²) in [5.74, 6) is -0.861. The van der Waals surface area contributed by atoms with Gasteiger partial charge in [-0.05, 0) is 36.6 Å². The van der Waals surface area contributed by atoms with Crippen molar-refractivity contribution in [3.63, 3.8) is 0 Å². The fourth-order valence-corrected chi connectivity index (χ4v) is 1.87. The molecule has 0 aliphatic rings. The van der Waals surface area contributed by atoms with E-state index in [1.807, 2.05) is 0 Å². The molecule has 126 valence electrons. The molecule has 0 atom stereocenters. The number of methoxy groups -OCH3 is 1. The van der Waals surface area contributed by atoms with Crippen LogP contribution in [0.1, 0.15) is 44.1 Å². The number of carbonyl (C=O) groups excluding carboxylic acids is 2. The summed E-state index contributed by atoms with van der Waals surface area (Å²) < 4.78 is 4.54. The molecule has 3 N–H and O–H groups in total. The molecule has 1 rings (SSSR count). The first-order valence-electron chi connectivity index (χ1n) is 7.43.